The summed E-state index contributed by atoms with van der Waals surface area (Å²) in [6.07, 6.45) is 0. The first-order chi connectivity index (χ1) is 10.7. The molecule has 0 N–H and O–H groups in total. The van der Waals surface area contributed by atoms with Crippen molar-refractivity contribution in [1.82, 2.24) is 5.01 Å². The van der Waals surface area contributed by atoms with Crippen molar-refractivity contribution in [2.24, 2.45) is 5.28 Å². The smallest absolute Gasteiger partial charge is 0.278 e. The van der Waals surface area contributed by atoms with Crippen LogP contribution >= 0.6 is 0 Å². The van der Waals surface area contributed by atoms with Crippen LogP contribution in [0.15, 0.2) is 65.9 Å². The molecule has 2 aromatic carbocycles. The van der Waals surface area contributed by atoms with E-state index in [-0.39, 0.29) is 18.1 Å². The van der Waals surface area contributed by atoms with Gasteiger partial charge in [0.05, 0.1) is 4.97 Å². The van der Waals surface area contributed by atoms with Gasteiger partial charge < -0.3 is 10.0 Å². The van der Waals surface area contributed by atoms with E-state index >= 15 is 0 Å². The molecule has 0 saturated heterocycles. The zero-order valence-electron chi connectivity index (χ0n) is 12.3. The maximum Gasteiger partial charge on any atom is 0.278 e. The van der Waals surface area contributed by atoms with Crippen LogP contribution in [0.25, 0.3) is 0 Å². The normalized spacial score (nSPS) is 11.0. The van der Waals surface area contributed by atoms with E-state index in [0.717, 1.165) is 16.1 Å². The van der Waals surface area contributed by atoms with E-state index < -0.39 is 5.91 Å². The molecule has 2 aromatic rings. The number of nitrogens with zero attached hydrogens (tertiary/aromatic N) is 3. The van der Waals surface area contributed by atoms with Crippen LogP contribution in [0.3, 0.4) is 0 Å². The predicted octanol–water partition coefficient (Wildman–Crippen LogP) is 3.04. The molecule has 0 heterocycles. The van der Waals surface area contributed by atoms with Crippen molar-refractivity contribution in [3.05, 3.63) is 77.0 Å². The van der Waals surface area contributed by atoms with Crippen molar-refractivity contribution in [3.63, 3.8) is 0 Å². The monoisotopic (exact) mass is 299 g/mol. The number of hydrogen-bond acceptors (Lipinski definition) is 4. The van der Waals surface area contributed by atoms with Gasteiger partial charge in [0.25, 0.3) is 5.91 Å². The lowest BCUT2D eigenvalue weighted by Crippen LogP contribution is -2.34. The van der Waals surface area contributed by atoms with Gasteiger partial charge >= 0.3 is 0 Å². The molecule has 0 fully saturated rings. The number of carbonyl (C=O) groups excluding carboxylic acids is 1. The Morgan fingerprint density at radius 3 is 2.18 bits per heavy atom. The Hall–Kier alpha value is -2.89. The average Bonchev–Trinajstić information content (AvgIpc) is 2.54. The summed E-state index contributed by atoms with van der Waals surface area (Å²) in [6, 6.07) is 18.5. The lowest BCUT2D eigenvalue weighted by atomic mass is 10.2. The molecular formula is C16H17N3O3. The van der Waals surface area contributed by atoms with Gasteiger partial charge in [-0.15, -0.1) is 0 Å². The van der Waals surface area contributed by atoms with Crippen LogP contribution in [0, 0.1) is 5.21 Å². The summed E-state index contributed by atoms with van der Waals surface area (Å²) in [5, 5.41) is 16.3. The molecule has 0 spiro atoms. The fraction of sp³-hybridized carbons (Fsp3) is 0.188. The van der Waals surface area contributed by atoms with Crippen LogP contribution in [-0.2, 0) is 22.8 Å². The van der Waals surface area contributed by atoms with E-state index in [1.807, 2.05) is 60.7 Å². The molecule has 0 saturated carbocycles. The minimum absolute atomic E-state index is 0.137. The van der Waals surface area contributed by atoms with E-state index in [0.29, 0.717) is 0 Å². The third-order valence-electron chi connectivity index (χ3n) is 2.95. The zero-order valence-corrected chi connectivity index (χ0v) is 12.3. The minimum Gasteiger partial charge on any atom is -0.568 e. The molecule has 2 rings (SSSR count). The van der Waals surface area contributed by atoms with Crippen molar-refractivity contribution < 1.29 is 14.6 Å². The highest BCUT2D eigenvalue weighted by Crippen LogP contribution is 2.06. The number of benzene rings is 2. The largest absolute Gasteiger partial charge is 0.568 e. The second kappa shape index (κ2) is 7.78. The molecule has 0 unspecified atom stereocenters. The number of amides is 1. The maximum atomic E-state index is 11.9. The van der Waals surface area contributed by atoms with Gasteiger partial charge in [-0.2, -0.15) is 0 Å². The van der Waals surface area contributed by atoms with Crippen molar-refractivity contribution >= 4 is 5.91 Å². The first-order valence-corrected chi connectivity index (χ1v) is 6.83. The van der Waals surface area contributed by atoms with Crippen LogP contribution < -0.4 is 0 Å². The van der Waals surface area contributed by atoms with Gasteiger partial charge in [0.1, 0.15) is 13.2 Å². The topological polar surface area (TPSA) is 68.0 Å². The zero-order chi connectivity index (χ0) is 15.8. The quantitative estimate of drug-likeness (QED) is 0.467. The summed E-state index contributed by atoms with van der Waals surface area (Å²) < 4.78 is 0. The molecule has 6 heteroatoms. The molecule has 0 aromatic heterocycles. The SMILES string of the molecule is CC(=O)N(Cc1ccccc1)/[N+]([O-])=N/OCc1ccccc1. The van der Waals surface area contributed by atoms with Gasteiger partial charge in [0.15, 0.2) is 0 Å². The molecule has 0 bridgehead atoms. The van der Waals surface area contributed by atoms with Crippen LogP contribution in [0.1, 0.15) is 18.1 Å². The Morgan fingerprint density at radius 1 is 1.09 bits per heavy atom. The van der Waals surface area contributed by atoms with Gasteiger partial charge in [-0.25, -0.2) is 0 Å². The number of carbonyl (C=O) groups is 1. The minimum atomic E-state index is -0.411. The van der Waals surface area contributed by atoms with Crippen LogP contribution in [0.4, 0.5) is 0 Å². The Kier molecular flexibility index (Phi) is 5.48. The Bertz CT molecular complexity index is 630. The van der Waals surface area contributed by atoms with Crippen LogP contribution in [-0.4, -0.2) is 15.9 Å². The molecule has 0 radical (unpaired) electrons. The second-order valence-electron chi connectivity index (χ2n) is 4.66. The van der Waals surface area contributed by atoms with Gasteiger partial charge in [-0.1, -0.05) is 65.7 Å². The Balaban J connectivity index is 1.98. The van der Waals surface area contributed by atoms with E-state index in [2.05, 4.69) is 5.28 Å². The van der Waals surface area contributed by atoms with Crippen molar-refractivity contribution in [1.29, 1.82) is 0 Å². The van der Waals surface area contributed by atoms with Crippen molar-refractivity contribution in [3.8, 4) is 0 Å². The van der Waals surface area contributed by atoms with Gasteiger partial charge in [-0.05, 0) is 11.1 Å². The summed E-state index contributed by atoms with van der Waals surface area (Å²) in [7, 11) is 0. The fourth-order valence-electron chi connectivity index (χ4n) is 1.82. The average molecular weight is 299 g/mol. The maximum absolute atomic E-state index is 11.9. The lowest BCUT2D eigenvalue weighted by molar-refractivity contribution is -0.696. The molecule has 22 heavy (non-hydrogen) atoms. The second-order valence-corrected chi connectivity index (χ2v) is 4.66. The first kappa shape index (κ1) is 15.5. The van der Waals surface area contributed by atoms with Gasteiger partial charge in [0, 0.05) is 6.92 Å². The van der Waals surface area contributed by atoms with E-state index in [1.165, 1.54) is 6.92 Å². The van der Waals surface area contributed by atoms with Gasteiger partial charge in [-0.3, -0.25) is 4.79 Å². The molecule has 0 atom stereocenters. The predicted molar refractivity (Wildman–Crippen MR) is 80.0 cm³/mol. The molecule has 6 nitrogen and oxygen atoms in total. The molecule has 1 amide bonds. The molecule has 0 aliphatic carbocycles. The molecule has 114 valence electrons. The van der Waals surface area contributed by atoms with Crippen molar-refractivity contribution in [2.75, 3.05) is 0 Å². The third kappa shape index (κ3) is 4.59. The molecule has 0 aliphatic rings. The van der Waals surface area contributed by atoms with E-state index in [9.17, 15) is 10.0 Å². The van der Waals surface area contributed by atoms with E-state index in [1.54, 1.807) is 0 Å². The highest BCUT2D eigenvalue weighted by molar-refractivity contribution is 5.71. The summed E-state index contributed by atoms with van der Waals surface area (Å²) in [5.74, 6) is -0.411. The summed E-state index contributed by atoms with van der Waals surface area (Å²) in [6.45, 7) is 1.61. The Morgan fingerprint density at radius 2 is 1.64 bits per heavy atom. The summed E-state index contributed by atoms with van der Waals surface area (Å²) in [4.78, 5) is 16.8. The molecular weight excluding hydrogens is 282 g/mol. The summed E-state index contributed by atoms with van der Waals surface area (Å²) >= 11 is 0. The number of rotatable bonds is 6. The standard InChI is InChI=1S/C16H17N3O3/c1-14(20)18(12-15-8-4-2-5-9-15)19(21)17-22-13-16-10-6-3-7-11-16/h2-11H,12-13H2,1H3/b19-17-. The Labute approximate surface area is 128 Å². The van der Waals surface area contributed by atoms with Crippen molar-refractivity contribution in [2.45, 2.75) is 20.1 Å². The van der Waals surface area contributed by atoms with Gasteiger partial charge in [0.2, 0.25) is 5.28 Å². The lowest BCUT2D eigenvalue weighted by Gasteiger charge is -2.14. The third-order valence-corrected chi connectivity index (χ3v) is 2.95. The molecule has 0 aliphatic heterocycles. The van der Waals surface area contributed by atoms with Crippen LogP contribution in [0.2, 0.25) is 0 Å². The van der Waals surface area contributed by atoms with Crippen LogP contribution in [0.5, 0.6) is 0 Å². The number of hydrogen-bond donors (Lipinski definition) is 0. The summed E-state index contributed by atoms with van der Waals surface area (Å²) in [5.41, 5.74) is 1.72. The fourth-order valence-corrected chi connectivity index (χ4v) is 1.82. The highest BCUT2D eigenvalue weighted by atomic mass is 16.7. The first-order valence-electron chi connectivity index (χ1n) is 6.83. The van der Waals surface area contributed by atoms with E-state index in [4.69, 9.17) is 4.84 Å². The number of hydrazine groups is 1. The highest BCUT2D eigenvalue weighted by Gasteiger charge is 2.19.